The fourth-order valence-corrected chi connectivity index (χ4v) is 4.06. The first-order valence-corrected chi connectivity index (χ1v) is 8.17. The zero-order valence-corrected chi connectivity index (χ0v) is 12.3. The van der Waals surface area contributed by atoms with E-state index in [9.17, 15) is 4.79 Å². The summed E-state index contributed by atoms with van der Waals surface area (Å²) >= 11 is 3.33. The zero-order valence-electron chi connectivity index (χ0n) is 10.6. The van der Waals surface area contributed by atoms with Gasteiger partial charge < -0.3 is 10.6 Å². The fraction of sp³-hybridized carbons (Fsp3) is 0.385. The normalized spacial score (nSPS) is 19.8. The number of benzene rings is 1. The van der Waals surface area contributed by atoms with E-state index in [-0.39, 0.29) is 5.91 Å². The predicted octanol–water partition coefficient (Wildman–Crippen LogP) is 2.46. The number of nitrogens with two attached hydrogens (primary N) is 1. The van der Waals surface area contributed by atoms with Gasteiger partial charge in [-0.1, -0.05) is 11.3 Å². The molecule has 1 amide bonds. The van der Waals surface area contributed by atoms with E-state index in [1.54, 1.807) is 0 Å². The van der Waals surface area contributed by atoms with Crippen molar-refractivity contribution in [2.24, 2.45) is 0 Å². The number of aromatic nitrogens is 1. The highest BCUT2D eigenvalue weighted by Gasteiger charge is 2.24. The van der Waals surface area contributed by atoms with Crippen molar-refractivity contribution in [2.45, 2.75) is 13.0 Å². The van der Waals surface area contributed by atoms with Crippen molar-refractivity contribution in [3.05, 3.63) is 23.8 Å². The summed E-state index contributed by atoms with van der Waals surface area (Å²) in [5.74, 6) is 2.15. The van der Waals surface area contributed by atoms with Gasteiger partial charge in [-0.15, -0.1) is 0 Å². The summed E-state index contributed by atoms with van der Waals surface area (Å²) < 4.78 is 0.974. The monoisotopic (exact) mass is 293 g/mol. The maximum Gasteiger partial charge on any atom is 0.254 e. The van der Waals surface area contributed by atoms with Crippen LogP contribution in [-0.2, 0) is 0 Å². The second-order valence-corrected chi connectivity index (χ2v) is 6.87. The number of rotatable bonds is 1. The maximum absolute atomic E-state index is 12.5. The van der Waals surface area contributed by atoms with Crippen LogP contribution in [0.5, 0.6) is 0 Å². The number of hydrogen-bond donors (Lipinski definition) is 1. The number of thiazole rings is 1. The van der Waals surface area contributed by atoms with Gasteiger partial charge in [0.2, 0.25) is 0 Å². The van der Waals surface area contributed by atoms with Crippen molar-refractivity contribution >= 4 is 44.4 Å². The molecule has 1 aromatic carbocycles. The van der Waals surface area contributed by atoms with Crippen LogP contribution >= 0.6 is 23.1 Å². The zero-order chi connectivity index (χ0) is 13.4. The molecule has 0 aliphatic carbocycles. The number of fused-ring (bicyclic) bond motifs is 1. The first kappa shape index (κ1) is 12.7. The Labute approximate surface area is 120 Å². The molecule has 0 bridgehead atoms. The van der Waals surface area contributed by atoms with E-state index in [1.807, 2.05) is 34.9 Å². The Hall–Kier alpha value is -1.27. The van der Waals surface area contributed by atoms with Gasteiger partial charge in [-0.05, 0) is 25.1 Å². The molecule has 19 heavy (non-hydrogen) atoms. The van der Waals surface area contributed by atoms with E-state index in [2.05, 4.69) is 11.9 Å². The number of anilines is 1. The number of nitrogen functional groups attached to an aromatic ring is 1. The molecule has 2 N–H and O–H groups in total. The minimum absolute atomic E-state index is 0.113. The first-order valence-electron chi connectivity index (χ1n) is 6.20. The van der Waals surface area contributed by atoms with Crippen LogP contribution in [-0.4, -0.2) is 39.9 Å². The minimum Gasteiger partial charge on any atom is -0.375 e. The highest BCUT2D eigenvalue weighted by atomic mass is 32.2. The highest BCUT2D eigenvalue weighted by molar-refractivity contribution is 7.99. The molecule has 1 unspecified atom stereocenters. The van der Waals surface area contributed by atoms with Gasteiger partial charge in [0.1, 0.15) is 0 Å². The van der Waals surface area contributed by atoms with Gasteiger partial charge in [0, 0.05) is 29.7 Å². The summed E-state index contributed by atoms with van der Waals surface area (Å²) in [7, 11) is 0. The number of thioether (sulfide) groups is 1. The van der Waals surface area contributed by atoms with Crippen LogP contribution in [0.25, 0.3) is 10.2 Å². The lowest BCUT2D eigenvalue weighted by molar-refractivity contribution is 0.0716. The molecule has 100 valence electrons. The van der Waals surface area contributed by atoms with Gasteiger partial charge in [-0.2, -0.15) is 11.8 Å². The smallest absolute Gasteiger partial charge is 0.254 e. The molecule has 0 saturated carbocycles. The van der Waals surface area contributed by atoms with Crippen LogP contribution in [0.2, 0.25) is 0 Å². The standard InChI is InChI=1S/C13H15N3OS2/c1-8-7-18-5-4-16(8)12(17)9-2-3-10-11(6-9)19-13(14)15-10/h2-3,6,8H,4-5,7H2,1H3,(H2,14,15). The number of amides is 1. The largest absolute Gasteiger partial charge is 0.375 e. The van der Waals surface area contributed by atoms with Crippen LogP contribution in [0.15, 0.2) is 18.2 Å². The predicted molar refractivity (Wildman–Crippen MR) is 81.9 cm³/mol. The topological polar surface area (TPSA) is 59.2 Å². The van der Waals surface area contributed by atoms with Crippen LogP contribution in [0, 0.1) is 0 Å². The maximum atomic E-state index is 12.5. The molecule has 0 spiro atoms. The first-order chi connectivity index (χ1) is 9.15. The fourth-order valence-electron chi connectivity index (χ4n) is 2.27. The molecule has 1 saturated heterocycles. The van der Waals surface area contributed by atoms with Crippen LogP contribution < -0.4 is 5.73 Å². The van der Waals surface area contributed by atoms with E-state index in [4.69, 9.17) is 5.73 Å². The van der Waals surface area contributed by atoms with Gasteiger partial charge in [-0.3, -0.25) is 4.79 Å². The number of nitrogens with zero attached hydrogens (tertiary/aromatic N) is 2. The molecule has 1 aliphatic rings. The number of carbonyl (C=O) groups is 1. The van der Waals surface area contributed by atoms with Crippen molar-refractivity contribution in [1.82, 2.24) is 9.88 Å². The van der Waals surface area contributed by atoms with Crippen LogP contribution in [0.4, 0.5) is 5.13 Å². The molecule has 1 aliphatic heterocycles. The van der Waals surface area contributed by atoms with E-state index >= 15 is 0 Å². The highest BCUT2D eigenvalue weighted by Crippen LogP contribution is 2.26. The van der Waals surface area contributed by atoms with Gasteiger partial charge in [-0.25, -0.2) is 4.98 Å². The molecule has 1 fully saturated rings. The Bertz CT molecular complexity index is 625. The van der Waals surface area contributed by atoms with Crippen molar-refractivity contribution in [1.29, 1.82) is 0 Å². The molecule has 2 aromatic rings. The third kappa shape index (κ3) is 2.42. The summed E-state index contributed by atoms with van der Waals surface area (Å²) in [5.41, 5.74) is 7.28. The quantitative estimate of drug-likeness (QED) is 0.877. The van der Waals surface area contributed by atoms with Crippen molar-refractivity contribution in [3.63, 3.8) is 0 Å². The summed E-state index contributed by atoms with van der Waals surface area (Å²) in [5, 5.41) is 0.544. The van der Waals surface area contributed by atoms with Gasteiger partial charge in [0.15, 0.2) is 5.13 Å². The Kier molecular flexibility index (Phi) is 3.36. The van der Waals surface area contributed by atoms with Crippen molar-refractivity contribution < 1.29 is 4.79 Å². The molecule has 0 radical (unpaired) electrons. The summed E-state index contributed by atoms with van der Waals surface area (Å²) in [6.07, 6.45) is 0. The number of hydrogen-bond acceptors (Lipinski definition) is 5. The molecule has 1 atom stereocenters. The van der Waals surface area contributed by atoms with Gasteiger partial charge in [0.05, 0.1) is 10.2 Å². The molecule has 2 heterocycles. The molecular weight excluding hydrogens is 278 g/mol. The molecule has 1 aromatic heterocycles. The van der Waals surface area contributed by atoms with Crippen LogP contribution in [0.1, 0.15) is 17.3 Å². The number of carbonyl (C=O) groups excluding carboxylic acids is 1. The average Bonchev–Trinajstić information content (AvgIpc) is 2.77. The Morgan fingerprint density at radius 2 is 2.37 bits per heavy atom. The second kappa shape index (κ2) is 5.02. The molecule has 4 nitrogen and oxygen atoms in total. The molecular formula is C13H15N3OS2. The lowest BCUT2D eigenvalue weighted by Crippen LogP contribution is -2.44. The Balaban J connectivity index is 1.92. The van der Waals surface area contributed by atoms with Crippen LogP contribution in [0.3, 0.4) is 0 Å². The summed E-state index contributed by atoms with van der Waals surface area (Å²) in [6, 6.07) is 5.92. The van der Waals surface area contributed by atoms with E-state index in [0.29, 0.717) is 11.2 Å². The van der Waals surface area contributed by atoms with Crippen molar-refractivity contribution in [2.75, 3.05) is 23.8 Å². The lowest BCUT2D eigenvalue weighted by Gasteiger charge is -2.33. The van der Waals surface area contributed by atoms with E-state index < -0.39 is 0 Å². The van der Waals surface area contributed by atoms with Crippen molar-refractivity contribution in [3.8, 4) is 0 Å². The molecule has 6 heteroatoms. The summed E-state index contributed by atoms with van der Waals surface area (Å²) in [6.45, 7) is 2.93. The van der Waals surface area contributed by atoms with E-state index in [1.165, 1.54) is 11.3 Å². The average molecular weight is 293 g/mol. The second-order valence-electron chi connectivity index (χ2n) is 4.66. The Morgan fingerprint density at radius 3 is 3.16 bits per heavy atom. The van der Waals surface area contributed by atoms with E-state index in [0.717, 1.165) is 33.8 Å². The third-order valence-electron chi connectivity index (χ3n) is 3.28. The third-order valence-corrected chi connectivity index (χ3v) is 5.32. The Morgan fingerprint density at radius 1 is 1.53 bits per heavy atom. The lowest BCUT2D eigenvalue weighted by atomic mass is 10.1. The summed E-state index contributed by atoms with van der Waals surface area (Å²) in [4.78, 5) is 18.7. The SMILES string of the molecule is CC1CSCCN1C(=O)c1ccc2nc(N)sc2c1. The van der Waals surface area contributed by atoms with Gasteiger partial charge in [0.25, 0.3) is 5.91 Å². The van der Waals surface area contributed by atoms with Gasteiger partial charge >= 0.3 is 0 Å². The minimum atomic E-state index is 0.113. The molecule has 3 rings (SSSR count).